The molecule has 120 valence electrons. The third-order valence-electron chi connectivity index (χ3n) is 3.89. The topological polar surface area (TPSA) is 38.7 Å². The van der Waals surface area contributed by atoms with Gasteiger partial charge in [0.05, 0.1) is 7.11 Å². The highest BCUT2D eigenvalue weighted by Gasteiger charge is 2.31. The van der Waals surface area contributed by atoms with Crippen LogP contribution in [-0.2, 0) is 21.8 Å². The summed E-state index contributed by atoms with van der Waals surface area (Å²) >= 11 is -0.0259. The number of phenolic OH excluding ortho intramolecular Hbond substituents is 1. The van der Waals surface area contributed by atoms with E-state index < -0.39 is 0 Å². The van der Waals surface area contributed by atoms with Crippen molar-refractivity contribution >= 4 is 11.2 Å². The van der Waals surface area contributed by atoms with Crippen molar-refractivity contribution in [1.29, 1.82) is 0 Å². The van der Waals surface area contributed by atoms with Gasteiger partial charge in [-0.1, -0.05) is 19.9 Å². The average molecular weight is 313 g/mol. The van der Waals surface area contributed by atoms with Gasteiger partial charge in [-0.15, -0.1) is 0 Å². The molecule has 1 aromatic rings. The van der Waals surface area contributed by atoms with Gasteiger partial charge in [-0.2, -0.15) is 4.18 Å². The van der Waals surface area contributed by atoms with Gasteiger partial charge >= 0.3 is 0 Å². The molecular weight excluding hydrogens is 284 g/mol. The molecule has 1 N–H and O–H groups in total. The van der Waals surface area contributed by atoms with E-state index in [-0.39, 0.29) is 22.5 Å². The lowest BCUT2D eigenvalue weighted by molar-refractivity contribution is 0.0796. The van der Waals surface area contributed by atoms with Crippen LogP contribution >= 0.6 is 0 Å². The van der Waals surface area contributed by atoms with Gasteiger partial charge in [0.1, 0.15) is 28.8 Å². The summed E-state index contributed by atoms with van der Waals surface area (Å²) in [5.74, 6) is 2.30. The molecular formula is C17H29O3S+. The number of hydrogen-bond acceptors (Lipinski definition) is 3. The van der Waals surface area contributed by atoms with Crippen LogP contribution < -0.4 is 4.74 Å². The highest BCUT2D eigenvalue weighted by molar-refractivity contribution is 7.91. The molecule has 3 nitrogen and oxygen atoms in total. The van der Waals surface area contributed by atoms with E-state index in [9.17, 15) is 5.11 Å². The molecule has 21 heavy (non-hydrogen) atoms. The van der Waals surface area contributed by atoms with E-state index in [1.807, 2.05) is 12.1 Å². The number of hydrogen-bond donors (Lipinski definition) is 1. The van der Waals surface area contributed by atoms with Gasteiger partial charge in [-0.05, 0) is 50.3 Å². The first kappa shape index (κ1) is 18.2. The minimum Gasteiger partial charge on any atom is -0.504 e. The molecule has 0 heterocycles. The molecule has 0 saturated carbocycles. The van der Waals surface area contributed by atoms with E-state index >= 15 is 0 Å². The van der Waals surface area contributed by atoms with Crippen molar-refractivity contribution < 1.29 is 14.0 Å². The summed E-state index contributed by atoms with van der Waals surface area (Å²) in [6.45, 7) is 8.71. The molecule has 0 aliphatic rings. The zero-order valence-electron chi connectivity index (χ0n) is 14.1. The van der Waals surface area contributed by atoms with Crippen molar-refractivity contribution in [2.75, 3.05) is 19.1 Å². The SMILES string of the molecule is COc1cc(CCC[S+](C)OC(C)(C)C(C)C)ccc1O. The van der Waals surface area contributed by atoms with Crippen molar-refractivity contribution in [3.8, 4) is 11.5 Å². The fourth-order valence-corrected chi connectivity index (χ4v) is 3.42. The standard InChI is InChI=1S/C17H28O3S/c1-13(2)17(3,4)20-21(6)11-7-8-14-9-10-15(18)16(12-14)19-5/h9-10,12-13H,7-8,11H2,1-6H3/p+1. The third-order valence-corrected chi connectivity index (χ3v) is 5.47. The van der Waals surface area contributed by atoms with Crippen LogP contribution in [0.5, 0.6) is 11.5 Å². The molecule has 0 aliphatic carbocycles. The summed E-state index contributed by atoms with van der Waals surface area (Å²) in [7, 11) is 1.57. The molecule has 1 atom stereocenters. The van der Waals surface area contributed by atoms with Gasteiger partial charge in [-0.25, -0.2) is 0 Å². The maximum atomic E-state index is 9.58. The third kappa shape index (κ3) is 5.79. The first-order chi connectivity index (χ1) is 9.76. The van der Waals surface area contributed by atoms with Gasteiger partial charge in [0, 0.05) is 0 Å². The van der Waals surface area contributed by atoms with E-state index in [0.717, 1.165) is 18.6 Å². The number of benzene rings is 1. The Hall–Kier alpha value is -0.870. The summed E-state index contributed by atoms with van der Waals surface area (Å²) in [4.78, 5) is 0. The van der Waals surface area contributed by atoms with Crippen LogP contribution in [0.25, 0.3) is 0 Å². The lowest BCUT2D eigenvalue weighted by atomic mass is 9.95. The zero-order valence-corrected chi connectivity index (χ0v) is 14.9. The number of rotatable bonds is 8. The Labute approximate surface area is 132 Å². The van der Waals surface area contributed by atoms with Crippen LogP contribution in [0, 0.1) is 5.92 Å². The molecule has 0 aromatic heterocycles. The Morgan fingerprint density at radius 3 is 2.52 bits per heavy atom. The monoisotopic (exact) mass is 313 g/mol. The van der Waals surface area contributed by atoms with Crippen LogP contribution in [0.4, 0.5) is 0 Å². The number of ether oxygens (including phenoxy) is 1. The molecule has 0 radical (unpaired) electrons. The van der Waals surface area contributed by atoms with Crippen LogP contribution in [0.2, 0.25) is 0 Å². The predicted octanol–water partition coefficient (Wildman–Crippen LogP) is 3.95. The molecule has 4 heteroatoms. The number of aryl methyl sites for hydroxylation is 1. The Bertz CT molecular complexity index is 444. The minimum atomic E-state index is -0.0698. The first-order valence-electron chi connectivity index (χ1n) is 7.44. The normalized spacial score (nSPS) is 13.5. The van der Waals surface area contributed by atoms with E-state index in [1.54, 1.807) is 13.2 Å². The number of phenols is 1. The van der Waals surface area contributed by atoms with E-state index in [0.29, 0.717) is 11.7 Å². The Morgan fingerprint density at radius 1 is 1.29 bits per heavy atom. The molecule has 0 aliphatic heterocycles. The van der Waals surface area contributed by atoms with Gasteiger partial charge in [0.25, 0.3) is 0 Å². The summed E-state index contributed by atoms with van der Waals surface area (Å²) in [5.41, 5.74) is 1.12. The van der Waals surface area contributed by atoms with Crippen molar-refractivity contribution in [3.63, 3.8) is 0 Å². The molecule has 0 fully saturated rings. The lowest BCUT2D eigenvalue weighted by Crippen LogP contribution is -2.34. The smallest absolute Gasteiger partial charge is 0.160 e. The van der Waals surface area contributed by atoms with E-state index in [1.165, 1.54) is 5.56 Å². The van der Waals surface area contributed by atoms with Crippen LogP contribution in [-0.4, -0.2) is 29.8 Å². The van der Waals surface area contributed by atoms with Crippen molar-refractivity contribution in [2.24, 2.45) is 5.92 Å². The van der Waals surface area contributed by atoms with Gasteiger partial charge in [-0.3, -0.25) is 0 Å². The highest BCUT2D eigenvalue weighted by Crippen LogP contribution is 2.27. The van der Waals surface area contributed by atoms with Crippen molar-refractivity contribution in [3.05, 3.63) is 23.8 Å². The number of methoxy groups -OCH3 is 1. The lowest BCUT2D eigenvalue weighted by Gasteiger charge is -2.25. The van der Waals surface area contributed by atoms with Crippen LogP contribution in [0.15, 0.2) is 18.2 Å². The second-order valence-corrected chi connectivity index (χ2v) is 7.95. The van der Waals surface area contributed by atoms with Crippen molar-refractivity contribution in [1.82, 2.24) is 0 Å². The van der Waals surface area contributed by atoms with Gasteiger partial charge in [0.15, 0.2) is 11.5 Å². The second-order valence-electron chi connectivity index (χ2n) is 6.23. The summed E-state index contributed by atoms with van der Waals surface area (Å²) < 4.78 is 11.3. The summed E-state index contributed by atoms with van der Waals surface area (Å²) in [6.07, 6.45) is 4.21. The largest absolute Gasteiger partial charge is 0.504 e. The fraction of sp³-hybridized carbons (Fsp3) is 0.647. The maximum absolute atomic E-state index is 9.58. The molecule has 0 amide bonds. The maximum Gasteiger partial charge on any atom is 0.160 e. The molecule has 1 unspecified atom stereocenters. The second kappa shape index (κ2) is 7.95. The zero-order chi connectivity index (χ0) is 16.0. The molecule has 0 bridgehead atoms. The Morgan fingerprint density at radius 2 is 1.95 bits per heavy atom. The Balaban J connectivity index is 2.43. The quantitative estimate of drug-likeness (QED) is 0.739. The summed E-state index contributed by atoms with van der Waals surface area (Å²) in [6, 6.07) is 5.55. The van der Waals surface area contributed by atoms with Crippen molar-refractivity contribution in [2.45, 2.75) is 46.1 Å². The first-order valence-corrected chi connectivity index (χ1v) is 9.17. The summed E-state index contributed by atoms with van der Waals surface area (Å²) in [5, 5.41) is 9.58. The average Bonchev–Trinajstić information content (AvgIpc) is 2.39. The van der Waals surface area contributed by atoms with Gasteiger partial charge in [0.2, 0.25) is 0 Å². The fourth-order valence-electron chi connectivity index (χ4n) is 1.86. The number of aromatic hydroxyl groups is 1. The Kier molecular flexibility index (Phi) is 6.88. The molecule has 1 rings (SSSR count). The highest BCUT2D eigenvalue weighted by atomic mass is 32.2. The van der Waals surface area contributed by atoms with Crippen LogP contribution in [0.3, 0.4) is 0 Å². The molecule has 1 aromatic carbocycles. The minimum absolute atomic E-state index is 0.0259. The van der Waals surface area contributed by atoms with E-state index in [4.69, 9.17) is 8.92 Å². The predicted molar refractivity (Wildman–Crippen MR) is 91.1 cm³/mol. The molecule has 0 saturated heterocycles. The van der Waals surface area contributed by atoms with E-state index in [2.05, 4.69) is 34.0 Å². The van der Waals surface area contributed by atoms with Gasteiger partial charge < -0.3 is 9.84 Å². The van der Waals surface area contributed by atoms with Crippen LogP contribution in [0.1, 0.15) is 39.7 Å². The molecule has 0 spiro atoms.